The number of aryl methyl sites for hydroxylation is 1. The van der Waals surface area contributed by atoms with Crippen LogP contribution in [0.3, 0.4) is 0 Å². The molecule has 0 bridgehead atoms. The topological polar surface area (TPSA) is 54.6 Å². The van der Waals surface area contributed by atoms with E-state index in [1.807, 2.05) is 6.92 Å². The van der Waals surface area contributed by atoms with Gasteiger partial charge in [-0.25, -0.2) is 9.78 Å². The van der Waals surface area contributed by atoms with Gasteiger partial charge in [0.05, 0.1) is 11.1 Å². The molecule has 0 radical (unpaired) electrons. The second-order valence-corrected chi connectivity index (χ2v) is 3.91. The van der Waals surface area contributed by atoms with Crippen molar-refractivity contribution in [2.75, 3.05) is 0 Å². The number of aromatic nitrogens is 2. The Labute approximate surface area is 97.5 Å². The van der Waals surface area contributed by atoms with Crippen molar-refractivity contribution in [1.82, 2.24) is 9.38 Å². The van der Waals surface area contributed by atoms with E-state index in [1.54, 1.807) is 16.7 Å². The number of halogens is 1. The molecule has 0 aliphatic heterocycles. The molecule has 0 fully saturated rings. The van der Waals surface area contributed by atoms with Gasteiger partial charge in [-0.1, -0.05) is 18.5 Å². The summed E-state index contributed by atoms with van der Waals surface area (Å²) in [7, 11) is 0. The molecule has 2 aromatic rings. The third-order valence-electron chi connectivity index (χ3n) is 2.39. The van der Waals surface area contributed by atoms with E-state index in [-0.39, 0.29) is 5.56 Å². The number of carboxylic acids is 1. The Kier molecular flexibility index (Phi) is 2.83. The van der Waals surface area contributed by atoms with Gasteiger partial charge < -0.3 is 9.51 Å². The maximum Gasteiger partial charge on any atom is 0.337 e. The van der Waals surface area contributed by atoms with Crippen LogP contribution in [0.5, 0.6) is 0 Å². The molecule has 0 unspecified atom stereocenters. The number of imidazole rings is 1. The van der Waals surface area contributed by atoms with E-state index in [0.29, 0.717) is 5.15 Å². The molecule has 0 aromatic carbocycles. The quantitative estimate of drug-likeness (QED) is 0.894. The van der Waals surface area contributed by atoms with Gasteiger partial charge in [-0.05, 0) is 18.6 Å². The van der Waals surface area contributed by atoms with Crippen LogP contribution in [-0.4, -0.2) is 20.5 Å². The molecule has 84 valence electrons. The highest BCUT2D eigenvalue weighted by Crippen LogP contribution is 2.20. The Balaban J connectivity index is 2.64. The SMILES string of the molecule is CCCc1nc(Cl)c2ccc(C(=O)O)cn12. The smallest absolute Gasteiger partial charge is 0.337 e. The van der Waals surface area contributed by atoms with Crippen LogP contribution < -0.4 is 0 Å². The molecule has 2 heterocycles. The fraction of sp³-hybridized carbons (Fsp3) is 0.273. The number of aromatic carboxylic acids is 1. The van der Waals surface area contributed by atoms with Gasteiger partial charge >= 0.3 is 5.97 Å². The first-order chi connectivity index (χ1) is 7.63. The Morgan fingerprint density at radius 3 is 2.94 bits per heavy atom. The molecule has 0 saturated carbocycles. The van der Waals surface area contributed by atoms with Gasteiger partial charge in [0.1, 0.15) is 5.82 Å². The lowest BCUT2D eigenvalue weighted by atomic mass is 10.2. The molecule has 0 amide bonds. The fourth-order valence-corrected chi connectivity index (χ4v) is 1.88. The zero-order valence-corrected chi connectivity index (χ0v) is 9.53. The van der Waals surface area contributed by atoms with Crippen LogP contribution in [0, 0.1) is 0 Å². The summed E-state index contributed by atoms with van der Waals surface area (Å²) >= 11 is 5.97. The van der Waals surface area contributed by atoms with Gasteiger partial charge in [0.25, 0.3) is 0 Å². The number of nitrogens with zero attached hydrogens (tertiary/aromatic N) is 2. The van der Waals surface area contributed by atoms with Crippen LogP contribution in [0.1, 0.15) is 29.5 Å². The molecule has 0 saturated heterocycles. The number of carboxylic acid groups (broad SMARTS) is 1. The number of rotatable bonds is 3. The van der Waals surface area contributed by atoms with E-state index >= 15 is 0 Å². The highest BCUT2D eigenvalue weighted by Gasteiger charge is 2.11. The highest BCUT2D eigenvalue weighted by molar-refractivity contribution is 6.32. The maximum atomic E-state index is 10.9. The first-order valence-corrected chi connectivity index (χ1v) is 5.41. The molecule has 2 aromatic heterocycles. The van der Waals surface area contributed by atoms with Crippen LogP contribution >= 0.6 is 11.6 Å². The van der Waals surface area contributed by atoms with Gasteiger partial charge in [-0.3, -0.25) is 0 Å². The van der Waals surface area contributed by atoms with Crippen LogP contribution in [0.25, 0.3) is 5.52 Å². The van der Waals surface area contributed by atoms with Gasteiger partial charge in [0.15, 0.2) is 5.15 Å². The molecule has 4 nitrogen and oxygen atoms in total. The predicted molar refractivity (Wildman–Crippen MR) is 61.2 cm³/mol. The normalized spacial score (nSPS) is 10.9. The number of hydrogen-bond acceptors (Lipinski definition) is 2. The summed E-state index contributed by atoms with van der Waals surface area (Å²) in [5.74, 6) is -0.153. The minimum atomic E-state index is -0.950. The Morgan fingerprint density at radius 2 is 2.31 bits per heavy atom. The zero-order chi connectivity index (χ0) is 11.7. The first kappa shape index (κ1) is 11.0. The minimum Gasteiger partial charge on any atom is -0.478 e. The monoisotopic (exact) mass is 238 g/mol. The van der Waals surface area contributed by atoms with Crippen molar-refractivity contribution in [3.8, 4) is 0 Å². The number of hydrogen-bond donors (Lipinski definition) is 1. The lowest BCUT2D eigenvalue weighted by Gasteiger charge is -2.00. The average Bonchev–Trinajstić information content (AvgIpc) is 2.56. The average molecular weight is 239 g/mol. The van der Waals surface area contributed by atoms with Crippen LogP contribution in [-0.2, 0) is 6.42 Å². The standard InChI is InChI=1S/C11H11ClN2O2/c1-2-3-9-13-10(12)8-5-4-7(11(15)16)6-14(8)9/h4-6H,2-3H2,1H3,(H,15,16). The highest BCUT2D eigenvalue weighted by atomic mass is 35.5. The fourth-order valence-electron chi connectivity index (χ4n) is 1.63. The van der Waals surface area contributed by atoms with Crippen molar-refractivity contribution in [3.05, 3.63) is 34.9 Å². The van der Waals surface area contributed by atoms with E-state index in [1.165, 1.54) is 6.07 Å². The lowest BCUT2D eigenvalue weighted by molar-refractivity contribution is 0.0696. The third-order valence-corrected chi connectivity index (χ3v) is 2.66. The molecule has 0 atom stereocenters. The van der Waals surface area contributed by atoms with E-state index < -0.39 is 5.97 Å². The summed E-state index contributed by atoms with van der Waals surface area (Å²) in [4.78, 5) is 15.1. The molecular formula is C11H11ClN2O2. The Morgan fingerprint density at radius 1 is 1.56 bits per heavy atom. The second kappa shape index (κ2) is 4.14. The minimum absolute atomic E-state index is 0.235. The van der Waals surface area contributed by atoms with Gasteiger partial charge in [0, 0.05) is 12.6 Å². The molecule has 0 spiro atoms. The molecule has 1 N–H and O–H groups in total. The van der Waals surface area contributed by atoms with E-state index in [0.717, 1.165) is 24.2 Å². The number of pyridine rings is 1. The van der Waals surface area contributed by atoms with Gasteiger partial charge in [-0.15, -0.1) is 0 Å². The summed E-state index contributed by atoms with van der Waals surface area (Å²) in [6.07, 6.45) is 3.27. The van der Waals surface area contributed by atoms with Crippen molar-refractivity contribution in [2.45, 2.75) is 19.8 Å². The zero-order valence-electron chi connectivity index (χ0n) is 8.77. The molecule has 0 aliphatic rings. The molecule has 2 rings (SSSR count). The van der Waals surface area contributed by atoms with Crippen molar-refractivity contribution in [1.29, 1.82) is 0 Å². The van der Waals surface area contributed by atoms with Crippen LogP contribution in [0.4, 0.5) is 0 Å². The predicted octanol–water partition coefficient (Wildman–Crippen LogP) is 2.64. The summed E-state index contributed by atoms with van der Waals surface area (Å²) in [5, 5.41) is 9.32. The van der Waals surface area contributed by atoms with E-state index in [9.17, 15) is 4.79 Å². The first-order valence-electron chi connectivity index (χ1n) is 5.03. The lowest BCUT2D eigenvalue weighted by Crippen LogP contribution is -2.00. The van der Waals surface area contributed by atoms with Crippen molar-refractivity contribution >= 4 is 23.1 Å². The second-order valence-electron chi connectivity index (χ2n) is 3.55. The van der Waals surface area contributed by atoms with Gasteiger partial charge in [0.2, 0.25) is 0 Å². The summed E-state index contributed by atoms with van der Waals surface area (Å²) in [6, 6.07) is 3.21. The molecule has 16 heavy (non-hydrogen) atoms. The van der Waals surface area contributed by atoms with Crippen molar-refractivity contribution < 1.29 is 9.90 Å². The van der Waals surface area contributed by atoms with E-state index in [4.69, 9.17) is 16.7 Å². The Bertz CT molecular complexity index is 548. The maximum absolute atomic E-state index is 10.9. The summed E-state index contributed by atoms with van der Waals surface area (Å²) in [6.45, 7) is 2.04. The molecule has 5 heteroatoms. The van der Waals surface area contributed by atoms with Gasteiger partial charge in [-0.2, -0.15) is 0 Å². The van der Waals surface area contributed by atoms with Crippen LogP contribution in [0.2, 0.25) is 5.15 Å². The number of fused-ring (bicyclic) bond motifs is 1. The van der Waals surface area contributed by atoms with Crippen LogP contribution in [0.15, 0.2) is 18.3 Å². The molecular weight excluding hydrogens is 228 g/mol. The Hall–Kier alpha value is -1.55. The van der Waals surface area contributed by atoms with E-state index in [2.05, 4.69) is 4.98 Å². The summed E-state index contributed by atoms with van der Waals surface area (Å²) < 4.78 is 1.75. The number of carbonyl (C=O) groups is 1. The van der Waals surface area contributed by atoms with Crippen molar-refractivity contribution in [3.63, 3.8) is 0 Å². The largest absolute Gasteiger partial charge is 0.478 e. The van der Waals surface area contributed by atoms with Crippen molar-refractivity contribution in [2.24, 2.45) is 0 Å². The third kappa shape index (κ3) is 1.76. The molecule has 0 aliphatic carbocycles. The summed E-state index contributed by atoms with van der Waals surface area (Å²) in [5.41, 5.74) is 0.981.